The van der Waals surface area contributed by atoms with E-state index in [2.05, 4.69) is 20.2 Å². The minimum absolute atomic E-state index is 0.0982. The Morgan fingerprint density at radius 2 is 1.97 bits per heavy atom. The van der Waals surface area contributed by atoms with E-state index in [1.165, 1.54) is 0 Å². The fraction of sp³-hybridized carbons (Fsp3) is 0.318. The number of anilines is 1. The molecule has 2 heterocycles. The highest BCUT2D eigenvalue weighted by atomic mass is 32.2. The molecule has 3 aromatic rings. The molecule has 1 aliphatic heterocycles. The van der Waals surface area contributed by atoms with Gasteiger partial charge < -0.3 is 9.47 Å². The molecule has 9 nitrogen and oxygen atoms in total. The predicted molar refractivity (Wildman–Crippen MR) is 124 cm³/mol. The number of benzene rings is 2. The number of fused-ring (bicyclic) bond motifs is 1. The van der Waals surface area contributed by atoms with E-state index in [0.29, 0.717) is 29.0 Å². The molecule has 11 heteroatoms. The smallest absolute Gasteiger partial charge is 0.270 e. The number of aryl methyl sites for hydroxylation is 1. The van der Waals surface area contributed by atoms with Gasteiger partial charge in [-0.25, -0.2) is 13.1 Å². The molecule has 4 rings (SSSR count). The largest absolute Gasteiger partial charge is 0.497 e. The Labute approximate surface area is 196 Å². The van der Waals surface area contributed by atoms with Gasteiger partial charge in [0.25, 0.3) is 15.9 Å². The minimum Gasteiger partial charge on any atom is -0.497 e. The van der Waals surface area contributed by atoms with Crippen LogP contribution in [0.1, 0.15) is 47.8 Å². The van der Waals surface area contributed by atoms with Gasteiger partial charge in [0.15, 0.2) is 0 Å². The number of carbonyl (C=O) groups is 1. The van der Waals surface area contributed by atoms with Crippen LogP contribution in [0.25, 0.3) is 0 Å². The Morgan fingerprint density at radius 3 is 2.70 bits per heavy atom. The van der Waals surface area contributed by atoms with E-state index in [1.54, 1.807) is 37.4 Å². The molecule has 33 heavy (non-hydrogen) atoms. The average molecular weight is 489 g/mol. The third kappa shape index (κ3) is 5.00. The predicted octanol–water partition coefficient (Wildman–Crippen LogP) is 3.69. The first kappa shape index (κ1) is 23.1. The molecule has 0 radical (unpaired) electrons. The first-order valence-electron chi connectivity index (χ1n) is 10.2. The van der Waals surface area contributed by atoms with E-state index in [-0.39, 0.29) is 15.4 Å². The zero-order valence-corrected chi connectivity index (χ0v) is 20.2. The summed E-state index contributed by atoms with van der Waals surface area (Å²) in [4.78, 5) is 12.5. The van der Waals surface area contributed by atoms with Crippen LogP contribution in [-0.4, -0.2) is 37.2 Å². The normalized spacial score (nSPS) is 17.0. The molecule has 0 saturated carbocycles. The zero-order chi connectivity index (χ0) is 23.8. The van der Waals surface area contributed by atoms with Gasteiger partial charge in [-0.05, 0) is 38.5 Å². The van der Waals surface area contributed by atoms with Gasteiger partial charge in [0.2, 0.25) is 9.47 Å². The van der Waals surface area contributed by atoms with Crippen LogP contribution < -0.4 is 19.5 Å². The molecular weight excluding hydrogens is 464 g/mol. The maximum atomic E-state index is 13.1. The number of nitrogens with zero attached hydrogens (tertiary/aromatic N) is 2. The Kier molecular flexibility index (Phi) is 6.12. The Hall–Kier alpha value is -3.02. The summed E-state index contributed by atoms with van der Waals surface area (Å²) in [7, 11) is -2.44. The molecular formula is C22H24N4O5S2. The number of aromatic nitrogens is 2. The zero-order valence-electron chi connectivity index (χ0n) is 18.6. The van der Waals surface area contributed by atoms with E-state index < -0.39 is 21.7 Å². The maximum absolute atomic E-state index is 13.1. The molecule has 174 valence electrons. The highest BCUT2D eigenvalue weighted by molar-refractivity contribution is 7.91. The Morgan fingerprint density at radius 1 is 1.21 bits per heavy atom. The fourth-order valence-electron chi connectivity index (χ4n) is 3.66. The molecule has 1 aliphatic rings. The van der Waals surface area contributed by atoms with Crippen LogP contribution in [0.2, 0.25) is 0 Å². The summed E-state index contributed by atoms with van der Waals surface area (Å²) >= 11 is 0.789. The van der Waals surface area contributed by atoms with Gasteiger partial charge in [0.1, 0.15) is 17.1 Å². The number of rotatable bonds is 6. The summed E-state index contributed by atoms with van der Waals surface area (Å²) in [6.45, 7) is 5.60. The van der Waals surface area contributed by atoms with Crippen LogP contribution in [0, 0.1) is 6.92 Å². The van der Waals surface area contributed by atoms with Crippen LogP contribution >= 0.6 is 11.3 Å². The quantitative estimate of drug-likeness (QED) is 0.508. The molecule has 2 N–H and O–H groups in total. The third-order valence-corrected chi connectivity index (χ3v) is 7.90. The van der Waals surface area contributed by atoms with Crippen LogP contribution in [0.15, 0.2) is 46.8 Å². The lowest BCUT2D eigenvalue weighted by Crippen LogP contribution is -2.41. The van der Waals surface area contributed by atoms with Crippen LogP contribution in [0.4, 0.5) is 5.13 Å². The van der Waals surface area contributed by atoms with Crippen LogP contribution in [0.5, 0.6) is 11.5 Å². The second-order valence-corrected chi connectivity index (χ2v) is 11.2. The number of methoxy groups -OCH3 is 1. The summed E-state index contributed by atoms with van der Waals surface area (Å²) in [5.41, 5.74) is 1.38. The number of carbonyl (C=O) groups excluding carboxylic acids is 1. The van der Waals surface area contributed by atoms with Gasteiger partial charge in [0.05, 0.1) is 13.2 Å². The topological polar surface area (TPSA) is 120 Å². The van der Waals surface area contributed by atoms with Crippen LogP contribution in [0.3, 0.4) is 0 Å². The average Bonchev–Trinajstić information content (AvgIpc) is 3.22. The highest BCUT2D eigenvalue weighted by Crippen LogP contribution is 2.42. The van der Waals surface area contributed by atoms with Crippen LogP contribution in [-0.2, 0) is 10.0 Å². The molecule has 0 fully saturated rings. The number of hydrogen-bond donors (Lipinski definition) is 2. The third-order valence-electron chi connectivity index (χ3n) is 5.22. The van der Waals surface area contributed by atoms with E-state index in [1.807, 2.05) is 32.9 Å². The number of nitrogens with one attached hydrogen (secondary N) is 2. The molecule has 0 saturated heterocycles. The number of sulfonamides is 1. The van der Waals surface area contributed by atoms with Gasteiger partial charge >= 0.3 is 0 Å². The Balaban J connectivity index is 1.55. The first-order valence-corrected chi connectivity index (χ1v) is 12.5. The van der Waals surface area contributed by atoms with Crippen molar-refractivity contribution in [2.75, 3.05) is 12.4 Å². The molecule has 0 unspecified atom stereocenters. The van der Waals surface area contributed by atoms with Crippen molar-refractivity contribution < 1.29 is 22.7 Å². The molecule has 0 aliphatic carbocycles. The van der Waals surface area contributed by atoms with Crippen molar-refractivity contribution in [2.24, 2.45) is 0 Å². The van der Waals surface area contributed by atoms with Crippen molar-refractivity contribution in [3.63, 3.8) is 0 Å². The van der Waals surface area contributed by atoms with Gasteiger partial charge in [0, 0.05) is 23.6 Å². The monoisotopic (exact) mass is 488 g/mol. The molecule has 0 spiro atoms. The second-order valence-electron chi connectivity index (χ2n) is 8.29. The SMILES string of the molecule is COc1ccc2c(c1)OC(C)(C)C[C@H]2NS(=O)(=O)c1nnc(NC(=O)c2ccccc2C)s1. The van der Waals surface area contributed by atoms with Crippen molar-refractivity contribution in [3.05, 3.63) is 59.2 Å². The summed E-state index contributed by atoms with van der Waals surface area (Å²) in [6, 6.07) is 11.8. The number of ether oxygens (including phenoxy) is 2. The molecule has 2 aromatic carbocycles. The lowest BCUT2D eigenvalue weighted by molar-refractivity contribution is 0.0698. The van der Waals surface area contributed by atoms with Crippen molar-refractivity contribution in [1.29, 1.82) is 0 Å². The summed E-state index contributed by atoms with van der Waals surface area (Å²) < 4.78 is 39.9. The number of amides is 1. The fourth-order valence-corrected chi connectivity index (χ4v) is 5.79. The highest BCUT2D eigenvalue weighted by Gasteiger charge is 2.37. The van der Waals surface area contributed by atoms with Crippen molar-refractivity contribution in [3.8, 4) is 11.5 Å². The van der Waals surface area contributed by atoms with Gasteiger partial charge in [-0.1, -0.05) is 35.6 Å². The van der Waals surface area contributed by atoms with Gasteiger partial charge in [-0.3, -0.25) is 10.1 Å². The van der Waals surface area contributed by atoms with E-state index >= 15 is 0 Å². The van der Waals surface area contributed by atoms with Crippen molar-refractivity contribution in [2.45, 2.75) is 43.2 Å². The van der Waals surface area contributed by atoms with E-state index in [0.717, 1.165) is 16.9 Å². The second kappa shape index (κ2) is 8.73. The molecule has 1 atom stereocenters. The maximum Gasteiger partial charge on any atom is 0.270 e. The number of hydrogen-bond acceptors (Lipinski definition) is 8. The molecule has 1 amide bonds. The lowest BCUT2D eigenvalue weighted by Gasteiger charge is -2.37. The van der Waals surface area contributed by atoms with Gasteiger partial charge in [-0.15, -0.1) is 10.2 Å². The molecule has 1 aromatic heterocycles. The lowest BCUT2D eigenvalue weighted by atomic mass is 9.90. The summed E-state index contributed by atoms with van der Waals surface area (Å²) in [6.07, 6.45) is 0.418. The van der Waals surface area contributed by atoms with E-state index in [9.17, 15) is 13.2 Å². The summed E-state index contributed by atoms with van der Waals surface area (Å²) in [5.74, 6) is 0.795. The molecule has 0 bridgehead atoms. The standard InChI is InChI=1S/C22H24N4O5S2/c1-13-7-5-6-8-15(13)19(27)23-20-24-25-21(32-20)33(28,29)26-17-12-22(2,3)31-18-11-14(30-4)9-10-16(17)18/h5-11,17,26H,12H2,1-4H3,(H,23,24,27)/t17-/m1/s1. The Bertz CT molecular complexity index is 1300. The van der Waals surface area contributed by atoms with E-state index in [4.69, 9.17) is 9.47 Å². The summed E-state index contributed by atoms with van der Waals surface area (Å²) in [5, 5.41) is 10.4. The van der Waals surface area contributed by atoms with Gasteiger partial charge in [-0.2, -0.15) is 0 Å². The first-order chi connectivity index (χ1) is 15.6. The van der Waals surface area contributed by atoms with Crippen molar-refractivity contribution in [1.82, 2.24) is 14.9 Å². The van der Waals surface area contributed by atoms with Crippen molar-refractivity contribution >= 4 is 32.4 Å². The minimum atomic E-state index is -4.00.